The second-order valence-corrected chi connectivity index (χ2v) is 13.3. The summed E-state index contributed by atoms with van der Waals surface area (Å²) in [6, 6.07) is 0. The zero-order valence-electron chi connectivity index (χ0n) is 16.1. The first-order valence-electron chi connectivity index (χ1n) is 10.3. The third kappa shape index (κ3) is 16.9. The quantitative estimate of drug-likeness (QED) is 0.182. The van der Waals surface area contributed by atoms with E-state index in [4.69, 9.17) is 3.07 Å². The van der Waals surface area contributed by atoms with E-state index in [2.05, 4.69) is 20.8 Å². The van der Waals surface area contributed by atoms with Crippen LogP contribution in [0, 0.1) is 0 Å². The molecule has 0 N–H and O–H groups in total. The molecule has 2 nitrogen and oxygen atoms in total. The van der Waals surface area contributed by atoms with Crippen LogP contribution in [0.15, 0.2) is 0 Å². The summed E-state index contributed by atoms with van der Waals surface area (Å²) in [5.41, 5.74) is 0. The monoisotopic (exact) mass is 433 g/mol. The Hall–Kier alpha value is 0.269. The molecule has 0 fully saturated rings. The van der Waals surface area contributed by atoms with Crippen molar-refractivity contribution in [2.45, 2.75) is 120 Å². The molecule has 0 atom stereocenters. The molecular formula is C20H41O2Sn+. The van der Waals surface area contributed by atoms with Crippen LogP contribution in [-0.2, 0) is 7.87 Å². The summed E-state index contributed by atoms with van der Waals surface area (Å²) in [5, 5.41) is 0. The predicted molar refractivity (Wildman–Crippen MR) is 103 cm³/mol. The van der Waals surface area contributed by atoms with Crippen LogP contribution in [0.2, 0.25) is 8.87 Å². The topological polar surface area (TPSA) is 26.3 Å². The molecule has 0 aromatic rings. The molecule has 0 rings (SSSR count). The van der Waals surface area contributed by atoms with E-state index in [0.29, 0.717) is 6.42 Å². The van der Waals surface area contributed by atoms with E-state index in [1.165, 1.54) is 85.9 Å². The van der Waals surface area contributed by atoms with Gasteiger partial charge in [0.1, 0.15) is 0 Å². The van der Waals surface area contributed by atoms with Crippen molar-refractivity contribution in [2.24, 2.45) is 0 Å². The van der Waals surface area contributed by atoms with Crippen molar-refractivity contribution in [3.63, 3.8) is 0 Å². The van der Waals surface area contributed by atoms with Crippen LogP contribution in [0.3, 0.4) is 0 Å². The Kier molecular flexibility index (Phi) is 18.8. The Labute approximate surface area is 153 Å². The first kappa shape index (κ1) is 23.3. The summed E-state index contributed by atoms with van der Waals surface area (Å²) < 4.78 is 8.36. The molecule has 0 aliphatic rings. The van der Waals surface area contributed by atoms with Gasteiger partial charge in [-0.3, -0.25) is 0 Å². The van der Waals surface area contributed by atoms with Crippen LogP contribution >= 0.6 is 0 Å². The van der Waals surface area contributed by atoms with Crippen LogP contribution in [0.4, 0.5) is 0 Å². The van der Waals surface area contributed by atoms with Crippen molar-refractivity contribution in [3.05, 3.63) is 0 Å². The average Bonchev–Trinajstić information content (AvgIpc) is 2.55. The van der Waals surface area contributed by atoms with Crippen molar-refractivity contribution in [1.29, 1.82) is 0 Å². The van der Waals surface area contributed by atoms with Crippen LogP contribution < -0.4 is 0 Å². The summed E-state index contributed by atoms with van der Waals surface area (Å²) in [6.07, 6.45) is 17.4. The normalized spacial score (nSPS) is 10.7. The second-order valence-electron chi connectivity index (χ2n) is 6.80. The molecule has 0 aliphatic heterocycles. The van der Waals surface area contributed by atoms with E-state index in [9.17, 15) is 4.79 Å². The molecule has 136 valence electrons. The van der Waals surface area contributed by atoms with E-state index in [-0.39, 0.29) is 5.97 Å². The van der Waals surface area contributed by atoms with Crippen LogP contribution in [0.5, 0.6) is 0 Å². The minimum absolute atomic E-state index is 0.120. The zero-order chi connectivity index (χ0) is 17.2. The fourth-order valence-corrected chi connectivity index (χ4v) is 9.54. The maximum atomic E-state index is 12.0. The van der Waals surface area contributed by atoms with Gasteiger partial charge in [0.25, 0.3) is 0 Å². The van der Waals surface area contributed by atoms with Gasteiger partial charge in [-0.05, 0) is 0 Å². The number of carbonyl (C=O) groups is 1. The fraction of sp³-hybridized carbons (Fsp3) is 0.950. The molecule has 0 bridgehead atoms. The third-order valence-corrected chi connectivity index (χ3v) is 11.0. The number of rotatable bonds is 17. The Morgan fingerprint density at radius 2 is 1.09 bits per heavy atom. The minimum atomic E-state index is -1.85. The summed E-state index contributed by atoms with van der Waals surface area (Å²) in [6.45, 7) is 6.72. The predicted octanol–water partition coefficient (Wildman–Crippen LogP) is 7.04. The van der Waals surface area contributed by atoms with Crippen molar-refractivity contribution < 1.29 is 7.87 Å². The molecule has 0 saturated carbocycles. The van der Waals surface area contributed by atoms with Gasteiger partial charge in [0.15, 0.2) is 0 Å². The van der Waals surface area contributed by atoms with Gasteiger partial charge in [-0.25, -0.2) is 0 Å². The SMILES string of the molecule is CCCCCCCCCCCC(=O)[O][Sn+]([CH2]CCC)[CH2]CCC. The standard InChI is InChI=1S/C12H24O2.2C4H9.Sn/c1-2-3-4-5-6-7-8-9-10-11-12(13)14;2*1-3-4-2;/h2-11H2,1H3,(H,13,14);2*1,3-4H2,2H3;/q;;;+2/p-1. The van der Waals surface area contributed by atoms with Gasteiger partial charge in [-0.1, -0.05) is 6.92 Å². The number of carbonyl (C=O) groups excluding carboxylic acids is 1. The maximum absolute atomic E-state index is 12.0. The van der Waals surface area contributed by atoms with E-state index >= 15 is 0 Å². The Morgan fingerprint density at radius 1 is 0.652 bits per heavy atom. The van der Waals surface area contributed by atoms with Crippen LogP contribution in [-0.4, -0.2) is 26.1 Å². The molecule has 23 heavy (non-hydrogen) atoms. The summed E-state index contributed by atoms with van der Waals surface area (Å²) in [7, 11) is 0. The average molecular weight is 432 g/mol. The Bertz CT molecular complexity index is 248. The molecule has 0 radical (unpaired) electrons. The van der Waals surface area contributed by atoms with Gasteiger partial charge in [0.2, 0.25) is 0 Å². The van der Waals surface area contributed by atoms with E-state index in [0.717, 1.165) is 6.42 Å². The zero-order valence-corrected chi connectivity index (χ0v) is 19.0. The molecule has 0 saturated heterocycles. The van der Waals surface area contributed by atoms with Gasteiger partial charge in [0, 0.05) is 0 Å². The molecule has 0 unspecified atom stereocenters. The number of hydrogen-bond acceptors (Lipinski definition) is 2. The summed E-state index contributed by atoms with van der Waals surface area (Å²) in [4.78, 5) is 12.0. The van der Waals surface area contributed by atoms with Gasteiger partial charge in [-0.15, -0.1) is 0 Å². The molecule has 0 heterocycles. The van der Waals surface area contributed by atoms with Crippen LogP contribution in [0.25, 0.3) is 0 Å². The van der Waals surface area contributed by atoms with E-state index in [1.54, 1.807) is 0 Å². The van der Waals surface area contributed by atoms with E-state index in [1.807, 2.05) is 0 Å². The first-order chi connectivity index (χ1) is 11.2. The molecule has 3 heteroatoms. The molecule has 0 amide bonds. The molecular weight excluding hydrogens is 391 g/mol. The molecule has 0 aromatic heterocycles. The molecule has 0 aliphatic carbocycles. The van der Waals surface area contributed by atoms with Gasteiger partial charge < -0.3 is 0 Å². The van der Waals surface area contributed by atoms with Gasteiger partial charge in [0.05, 0.1) is 0 Å². The molecule has 0 spiro atoms. The second kappa shape index (κ2) is 18.6. The Morgan fingerprint density at radius 3 is 1.57 bits per heavy atom. The van der Waals surface area contributed by atoms with E-state index < -0.39 is 20.2 Å². The number of hydrogen-bond donors (Lipinski definition) is 0. The first-order valence-corrected chi connectivity index (χ1v) is 15.5. The van der Waals surface area contributed by atoms with Crippen molar-refractivity contribution in [2.75, 3.05) is 0 Å². The van der Waals surface area contributed by atoms with Crippen LogP contribution in [0.1, 0.15) is 111 Å². The number of unbranched alkanes of at least 4 members (excludes halogenated alkanes) is 10. The van der Waals surface area contributed by atoms with Gasteiger partial charge in [-0.2, -0.15) is 0 Å². The molecule has 0 aromatic carbocycles. The van der Waals surface area contributed by atoms with Crippen molar-refractivity contribution in [3.8, 4) is 0 Å². The van der Waals surface area contributed by atoms with Crippen molar-refractivity contribution in [1.82, 2.24) is 0 Å². The summed E-state index contributed by atoms with van der Waals surface area (Å²) >= 11 is -1.85. The van der Waals surface area contributed by atoms with Gasteiger partial charge >= 0.3 is 147 Å². The summed E-state index contributed by atoms with van der Waals surface area (Å²) in [5.74, 6) is 0.120. The third-order valence-electron chi connectivity index (χ3n) is 4.36. The fourth-order valence-electron chi connectivity index (χ4n) is 2.77. The van der Waals surface area contributed by atoms with Crippen molar-refractivity contribution >= 4 is 26.1 Å². The Balaban J connectivity index is 3.58.